The average Bonchev–Trinajstić information content (AvgIpc) is 2.73. The summed E-state index contributed by atoms with van der Waals surface area (Å²) in [4.78, 5) is 0. The maximum absolute atomic E-state index is 13.7. The fourth-order valence-electron chi connectivity index (χ4n) is 2.91. The van der Waals surface area contributed by atoms with Crippen LogP contribution < -0.4 is 0 Å². The first-order valence-electron chi connectivity index (χ1n) is 10.7. The van der Waals surface area contributed by atoms with Gasteiger partial charge in [-0.2, -0.15) is 74.6 Å². The van der Waals surface area contributed by atoms with Crippen molar-refractivity contribution in [1.82, 2.24) is 0 Å². The van der Waals surface area contributed by atoms with Crippen molar-refractivity contribution in [2.24, 2.45) is 0 Å². The van der Waals surface area contributed by atoms with E-state index in [0.717, 1.165) is 25.7 Å². The number of alkyl halides is 17. The molecule has 0 nitrogen and oxygen atoms in total. The van der Waals surface area contributed by atoms with Crippen LogP contribution in [0.5, 0.6) is 0 Å². The van der Waals surface area contributed by atoms with Gasteiger partial charge in [0.1, 0.15) is 0 Å². The van der Waals surface area contributed by atoms with E-state index in [-0.39, 0.29) is 12.5 Å². The molecule has 17 heteroatoms. The highest BCUT2D eigenvalue weighted by Gasteiger charge is 2.95. The monoisotopic (exact) mass is 586 g/mol. The zero-order valence-electron chi connectivity index (χ0n) is 18.9. The third kappa shape index (κ3) is 6.59. The summed E-state index contributed by atoms with van der Waals surface area (Å²) >= 11 is 0. The molecule has 37 heavy (non-hydrogen) atoms. The van der Waals surface area contributed by atoms with Crippen molar-refractivity contribution in [3.05, 3.63) is 12.2 Å². The van der Waals surface area contributed by atoms with Gasteiger partial charge in [0.25, 0.3) is 0 Å². The number of hydrogen-bond acceptors (Lipinski definition) is 0. The van der Waals surface area contributed by atoms with E-state index in [2.05, 4.69) is 0 Å². The molecule has 0 bridgehead atoms. The fraction of sp³-hybridized carbons (Fsp3) is 0.900. The summed E-state index contributed by atoms with van der Waals surface area (Å²) in [5.74, 6) is -56.1. The van der Waals surface area contributed by atoms with Crippen molar-refractivity contribution in [3.63, 3.8) is 0 Å². The van der Waals surface area contributed by atoms with Gasteiger partial charge in [-0.25, -0.2) is 0 Å². The van der Waals surface area contributed by atoms with E-state index in [1.54, 1.807) is 0 Å². The molecular formula is C20H23F17. The molecule has 0 amide bonds. The average molecular weight is 586 g/mol. The van der Waals surface area contributed by atoms with Gasteiger partial charge in [-0.05, 0) is 18.9 Å². The number of hydrogen-bond donors (Lipinski definition) is 0. The van der Waals surface area contributed by atoms with Crippen LogP contribution >= 0.6 is 0 Å². The van der Waals surface area contributed by atoms with Crippen LogP contribution in [0.3, 0.4) is 0 Å². The molecule has 0 aromatic carbocycles. The van der Waals surface area contributed by atoms with Gasteiger partial charge < -0.3 is 0 Å². The predicted molar refractivity (Wildman–Crippen MR) is 97.1 cm³/mol. The van der Waals surface area contributed by atoms with Crippen LogP contribution in [0, 0.1) is 0 Å². The second-order valence-electron chi connectivity index (χ2n) is 8.23. The molecule has 0 unspecified atom stereocenters. The van der Waals surface area contributed by atoms with Gasteiger partial charge in [-0.3, -0.25) is 0 Å². The molecule has 0 N–H and O–H groups in total. The lowest BCUT2D eigenvalue weighted by molar-refractivity contribution is -0.459. The maximum atomic E-state index is 13.7. The molecule has 0 radical (unpaired) electrons. The highest BCUT2D eigenvalue weighted by atomic mass is 19.4. The van der Waals surface area contributed by atoms with Gasteiger partial charge in [0.05, 0.1) is 0 Å². The van der Waals surface area contributed by atoms with Gasteiger partial charge in [0.15, 0.2) is 0 Å². The summed E-state index contributed by atoms with van der Waals surface area (Å²) in [6.45, 7) is 1.95. The van der Waals surface area contributed by atoms with E-state index >= 15 is 0 Å². The highest BCUT2D eigenvalue weighted by molar-refractivity contribution is 5.17. The molecule has 0 atom stereocenters. The van der Waals surface area contributed by atoms with E-state index in [0.29, 0.717) is 19.3 Å². The van der Waals surface area contributed by atoms with E-state index in [1.165, 1.54) is 0 Å². The molecule has 0 fully saturated rings. The minimum atomic E-state index is -8.59. The normalized spacial score (nSPS) is 15.6. The topological polar surface area (TPSA) is 0 Å². The SMILES string of the molecule is CCCCCCCCCCC=CC(F)(F)C(F)(F)C(F)(F)C(F)(F)C(F)(F)C(F)(F)C(F)(F)C(F)(F)F. The fourth-order valence-corrected chi connectivity index (χ4v) is 2.91. The van der Waals surface area contributed by atoms with Crippen molar-refractivity contribution in [3.8, 4) is 0 Å². The lowest BCUT2D eigenvalue weighted by atomic mass is 9.89. The van der Waals surface area contributed by atoms with Crippen LogP contribution in [0.4, 0.5) is 74.6 Å². The zero-order valence-corrected chi connectivity index (χ0v) is 18.9. The quantitative estimate of drug-likeness (QED) is 0.0960. The van der Waals surface area contributed by atoms with E-state index in [4.69, 9.17) is 0 Å². The Bertz CT molecular complexity index is 734. The molecule has 0 heterocycles. The molecule has 0 aliphatic rings. The first kappa shape index (κ1) is 35.5. The van der Waals surface area contributed by atoms with Gasteiger partial charge in [0, 0.05) is 0 Å². The van der Waals surface area contributed by atoms with Gasteiger partial charge in [0.2, 0.25) is 0 Å². The second-order valence-corrected chi connectivity index (χ2v) is 8.23. The molecule has 0 saturated carbocycles. The Labute approximate surface area is 200 Å². The summed E-state index contributed by atoms with van der Waals surface area (Å²) in [5.41, 5.74) is 0. The first-order chi connectivity index (χ1) is 16.3. The number of allylic oxidation sites excluding steroid dienone is 2. The summed E-state index contributed by atoms with van der Waals surface area (Å²) in [5, 5.41) is 0. The summed E-state index contributed by atoms with van der Waals surface area (Å²) in [7, 11) is 0. The highest BCUT2D eigenvalue weighted by Crippen LogP contribution is 2.64. The lowest BCUT2D eigenvalue weighted by Crippen LogP contribution is -2.74. The second kappa shape index (κ2) is 11.7. The maximum Gasteiger partial charge on any atom is 0.460 e. The van der Waals surface area contributed by atoms with Crippen molar-refractivity contribution < 1.29 is 74.6 Å². The summed E-state index contributed by atoms with van der Waals surface area (Å²) in [6, 6.07) is 0. The molecule has 0 spiro atoms. The molecule has 0 aliphatic heterocycles. The first-order valence-corrected chi connectivity index (χ1v) is 10.7. The third-order valence-electron chi connectivity index (χ3n) is 5.30. The molecule has 0 saturated heterocycles. The van der Waals surface area contributed by atoms with E-state index < -0.39 is 60.1 Å². The number of rotatable bonds is 16. The zero-order chi connectivity index (χ0) is 29.8. The Morgan fingerprint density at radius 3 is 1.11 bits per heavy atom. The number of halogens is 17. The van der Waals surface area contributed by atoms with Crippen LogP contribution in [0.15, 0.2) is 12.2 Å². The molecule has 0 rings (SSSR count). The summed E-state index contributed by atoms with van der Waals surface area (Å²) in [6.07, 6.45) is -4.01. The Morgan fingerprint density at radius 1 is 0.405 bits per heavy atom. The Hall–Kier alpha value is -1.45. The van der Waals surface area contributed by atoms with Crippen molar-refractivity contribution >= 4 is 0 Å². The van der Waals surface area contributed by atoms with Gasteiger partial charge >= 0.3 is 47.6 Å². The van der Waals surface area contributed by atoms with Crippen molar-refractivity contribution in [2.75, 3.05) is 0 Å². The summed E-state index contributed by atoms with van der Waals surface area (Å²) < 4.78 is 224. The smallest absolute Gasteiger partial charge is 0.195 e. The van der Waals surface area contributed by atoms with E-state index in [1.807, 2.05) is 6.92 Å². The van der Waals surface area contributed by atoms with Crippen LogP contribution in [0.1, 0.15) is 64.7 Å². The molecule has 0 aliphatic carbocycles. The van der Waals surface area contributed by atoms with Crippen LogP contribution in [0.25, 0.3) is 0 Å². The lowest BCUT2D eigenvalue weighted by Gasteiger charge is -2.42. The van der Waals surface area contributed by atoms with Crippen molar-refractivity contribution in [1.29, 1.82) is 0 Å². The van der Waals surface area contributed by atoms with Crippen LogP contribution in [-0.2, 0) is 0 Å². The molecule has 222 valence electrons. The Morgan fingerprint density at radius 2 is 0.730 bits per heavy atom. The van der Waals surface area contributed by atoms with Gasteiger partial charge in [-0.1, -0.05) is 57.9 Å². The van der Waals surface area contributed by atoms with Crippen LogP contribution in [-0.4, -0.2) is 47.6 Å². The van der Waals surface area contributed by atoms with Crippen LogP contribution in [0.2, 0.25) is 0 Å². The predicted octanol–water partition coefficient (Wildman–Crippen LogP) is 10.1. The molecule has 0 aromatic rings. The third-order valence-corrected chi connectivity index (χ3v) is 5.30. The standard InChI is InChI=1S/C20H23F17/c1-2-3-4-5-6-7-8-9-10-11-12-13(21,22)14(23,24)15(25,26)16(27,28)17(29,30)18(31,32)19(33,34)20(35,36)37/h11-12H,2-10H2,1H3. The minimum Gasteiger partial charge on any atom is -0.195 e. The van der Waals surface area contributed by atoms with Crippen molar-refractivity contribution in [2.45, 2.75) is 112 Å². The molecule has 0 aromatic heterocycles. The van der Waals surface area contributed by atoms with E-state index in [9.17, 15) is 74.6 Å². The minimum absolute atomic E-state index is 0.00923. The van der Waals surface area contributed by atoms with Gasteiger partial charge in [-0.15, -0.1) is 0 Å². The Balaban J connectivity index is 5.76. The Kier molecular flexibility index (Phi) is 11.3. The largest absolute Gasteiger partial charge is 0.460 e. The molecular weight excluding hydrogens is 563 g/mol. The number of unbranched alkanes of at least 4 members (excludes halogenated alkanes) is 8.